The summed E-state index contributed by atoms with van der Waals surface area (Å²) in [6, 6.07) is 19.8. The maximum atomic E-state index is 14.0. The van der Waals surface area contributed by atoms with E-state index in [1.165, 1.54) is 0 Å². The van der Waals surface area contributed by atoms with Crippen LogP contribution in [0.1, 0.15) is 16.7 Å². The summed E-state index contributed by atoms with van der Waals surface area (Å²) in [4.78, 5) is -0.134. The van der Waals surface area contributed by atoms with Gasteiger partial charge in [0.15, 0.2) is 3.55 Å². The number of aryl methyl sites for hydroxylation is 3. The summed E-state index contributed by atoms with van der Waals surface area (Å²) in [5, 5.41) is 2.73. The second kappa shape index (κ2) is 9.63. The molecule has 1 unspecified atom stereocenters. The lowest BCUT2D eigenvalue weighted by Gasteiger charge is -2.32. The van der Waals surface area contributed by atoms with Gasteiger partial charge >= 0.3 is 6.18 Å². The predicted molar refractivity (Wildman–Crippen MR) is 134 cm³/mol. The zero-order valence-corrected chi connectivity index (χ0v) is 21.3. The van der Waals surface area contributed by atoms with E-state index in [0.29, 0.717) is 16.8 Å². The molecule has 1 atom stereocenters. The van der Waals surface area contributed by atoms with Crippen molar-refractivity contribution in [3.8, 4) is 11.1 Å². The molecule has 176 valence electrons. The van der Waals surface area contributed by atoms with E-state index in [1.54, 1.807) is 57.2 Å². The van der Waals surface area contributed by atoms with Gasteiger partial charge in [-0.2, -0.15) is 17.9 Å². The molecule has 0 saturated carbocycles. The Labute approximate surface area is 205 Å². The molecule has 0 radical (unpaired) electrons. The van der Waals surface area contributed by atoms with Gasteiger partial charge in [0.2, 0.25) is 10.0 Å². The van der Waals surface area contributed by atoms with E-state index in [-0.39, 0.29) is 4.90 Å². The van der Waals surface area contributed by atoms with Gasteiger partial charge in [0.05, 0.1) is 11.4 Å². The van der Waals surface area contributed by atoms with E-state index >= 15 is 0 Å². The standard InChI is InChI=1S/C24H24F3IN2O2S/c1-16-13-17(2)22(18(3)14-16)33(31,32)30-23(28,24(25,26)27)15-29-21-11-9-20(10-12-21)19-7-5-4-6-8-19/h4-14,29-30H,15H2,1-3H3. The molecular formula is C24H24F3IN2O2S. The number of hydrogen-bond donors (Lipinski definition) is 2. The molecule has 0 aromatic heterocycles. The number of nitrogens with one attached hydrogen (secondary N) is 2. The molecule has 3 aromatic rings. The van der Waals surface area contributed by atoms with Crippen LogP contribution in [0.25, 0.3) is 11.1 Å². The van der Waals surface area contributed by atoms with Gasteiger partial charge in [0.1, 0.15) is 0 Å². The van der Waals surface area contributed by atoms with Gasteiger partial charge in [0, 0.05) is 5.69 Å². The third-order valence-corrected chi connectivity index (χ3v) is 8.57. The predicted octanol–water partition coefficient (Wildman–Crippen LogP) is 6.36. The first-order valence-electron chi connectivity index (χ1n) is 10.1. The molecule has 0 saturated heterocycles. The van der Waals surface area contributed by atoms with Crippen LogP contribution in [0.2, 0.25) is 0 Å². The van der Waals surface area contributed by atoms with E-state index in [1.807, 2.05) is 35.1 Å². The molecule has 2 N–H and O–H groups in total. The first-order valence-corrected chi connectivity index (χ1v) is 12.7. The van der Waals surface area contributed by atoms with Gasteiger partial charge in [-0.25, -0.2) is 8.42 Å². The van der Waals surface area contributed by atoms with E-state index in [9.17, 15) is 21.6 Å². The minimum absolute atomic E-state index is 0.134. The molecule has 3 aromatic carbocycles. The largest absolute Gasteiger partial charge is 0.418 e. The Kier molecular flexibility index (Phi) is 7.45. The van der Waals surface area contributed by atoms with Crippen LogP contribution in [0.4, 0.5) is 18.9 Å². The normalized spacial score (nSPS) is 14.0. The smallest absolute Gasteiger partial charge is 0.382 e. The van der Waals surface area contributed by atoms with Crippen molar-refractivity contribution in [1.82, 2.24) is 4.72 Å². The van der Waals surface area contributed by atoms with Crippen LogP contribution in [0.3, 0.4) is 0 Å². The van der Waals surface area contributed by atoms with Crippen LogP contribution in [0.5, 0.6) is 0 Å². The quantitative estimate of drug-likeness (QED) is 0.192. The first-order chi connectivity index (χ1) is 15.3. The molecule has 0 fully saturated rings. The van der Waals surface area contributed by atoms with Crippen molar-refractivity contribution in [3.05, 3.63) is 83.4 Å². The van der Waals surface area contributed by atoms with Crippen LogP contribution in [-0.4, -0.2) is 24.7 Å². The molecule has 0 bridgehead atoms. The maximum absolute atomic E-state index is 14.0. The molecule has 0 amide bonds. The second-order valence-electron chi connectivity index (χ2n) is 7.93. The Morgan fingerprint density at radius 2 is 1.36 bits per heavy atom. The molecule has 0 heterocycles. The fraction of sp³-hybridized carbons (Fsp3) is 0.250. The third kappa shape index (κ3) is 5.88. The summed E-state index contributed by atoms with van der Waals surface area (Å²) >= 11 is 1.13. The van der Waals surface area contributed by atoms with Crippen molar-refractivity contribution in [2.45, 2.75) is 35.4 Å². The number of alkyl halides is 4. The number of sulfonamides is 1. The summed E-state index contributed by atoms with van der Waals surface area (Å²) < 4.78 is 67.3. The first kappa shape index (κ1) is 25.5. The Morgan fingerprint density at radius 3 is 1.88 bits per heavy atom. The van der Waals surface area contributed by atoms with Crippen LogP contribution in [-0.2, 0) is 10.0 Å². The fourth-order valence-corrected chi connectivity index (χ4v) is 6.43. The van der Waals surface area contributed by atoms with Gasteiger partial charge in [-0.05, 0) is 77.7 Å². The highest BCUT2D eigenvalue weighted by Gasteiger charge is 2.55. The van der Waals surface area contributed by atoms with E-state index in [4.69, 9.17) is 0 Å². The topological polar surface area (TPSA) is 58.2 Å². The Bertz CT molecular complexity index is 1210. The van der Waals surface area contributed by atoms with E-state index in [2.05, 4.69) is 5.32 Å². The van der Waals surface area contributed by atoms with Crippen LogP contribution < -0.4 is 10.0 Å². The summed E-state index contributed by atoms with van der Waals surface area (Å²) in [5.74, 6) is 0. The average Bonchev–Trinajstić information content (AvgIpc) is 2.71. The van der Waals surface area contributed by atoms with Gasteiger partial charge in [-0.1, -0.05) is 60.2 Å². The number of anilines is 1. The molecule has 4 nitrogen and oxygen atoms in total. The highest BCUT2D eigenvalue weighted by atomic mass is 127. The van der Waals surface area contributed by atoms with E-state index in [0.717, 1.165) is 39.3 Å². The molecule has 33 heavy (non-hydrogen) atoms. The molecule has 0 aliphatic rings. The van der Waals surface area contributed by atoms with Gasteiger partial charge in [-0.15, -0.1) is 0 Å². The van der Waals surface area contributed by atoms with Crippen LogP contribution in [0.15, 0.2) is 71.6 Å². The Balaban J connectivity index is 1.84. The third-order valence-electron chi connectivity index (χ3n) is 5.15. The molecule has 0 aliphatic carbocycles. The van der Waals surface area contributed by atoms with Gasteiger partial charge in [0.25, 0.3) is 0 Å². The highest BCUT2D eigenvalue weighted by molar-refractivity contribution is 14.1. The van der Waals surface area contributed by atoms with Gasteiger partial charge < -0.3 is 5.32 Å². The number of benzene rings is 3. The molecule has 3 rings (SSSR count). The summed E-state index contributed by atoms with van der Waals surface area (Å²) in [6.07, 6.45) is -4.84. The SMILES string of the molecule is Cc1cc(C)c(S(=O)(=O)NC(I)(CNc2ccc(-c3ccccc3)cc2)C(F)(F)F)c(C)c1. The zero-order valence-electron chi connectivity index (χ0n) is 18.3. The summed E-state index contributed by atoms with van der Waals surface area (Å²) in [5.41, 5.74) is 3.97. The number of halogens is 4. The van der Waals surface area contributed by atoms with Crippen molar-refractivity contribution < 1.29 is 21.6 Å². The zero-order chi connectivity index (χ0) is 24.4. The maximum Gasteiger partial charge on any atom is 0.418 e. The van der Waals surface area contributed by atoms with Crippen LogP contribution in [0, 0.1) is 20.8 Å². The van der Waals surface area contributed by atoms with E-state index < -0.39 is 26.3 Å². The number of rotatable bonds is 7. The van der Waals surface area contributed by atoms with Gasteiger partial charge in [-0.3, -0.25) is 0 Å². The monoisotopic (exact) mass is 588 g/mol. The average molecular weight is 588 g/mol. The lowest BCUT2D eigenvalue weighted by Crippen LogP contribution is -2.58. The lowest BCUT2D eigenvalue weighted by atomic mass is 10.1. The highest BCUT2D eigenvalue weighted by Crippen LogP contribution is 2.38. The van der Waals surface area contributed by atoms with Crippen molar-refractivity contribution >= 4 is 38.3 Å². The second-order valence-corrected chi connectivity index (χ2v) is 11.4. The van der Waals surface area contributed by atoms with Crippen molar-refractivity contribution in [2.24, 2.45) is 0 Å². The Hall–Kier alpha value is -2.11. The number of hydrogen-bond acceptors (Lipinski definition) is 3. The van der Waals surface area contributed by atoms with Crippen molar-refractivity contribution in [1.29, 1.82) is 0 Å². The molecule has 0 aliphatic heterocycles. The fourth-order valence-electron chi connectivity index (χ4n) is 3.68. The van der Waals surface area contributed by atoms with Crippen molar-refractivity contribution in [3.63, 3.8) is 0 Å². The van der Waals surface area contributed by atoms with Crippen molar-refractivity contribution in [2.75, 3.05) is 11.9 Å². The van der Waals surface area contributed by atoms with Crippen LogP contribution >= 0.6 is 22.6 Å². The minimum Gasteiger partial charge on any atom is -0.382 e. The minimum atomic E-state index is -4.84. The molecular weight excluding hydrogens is 564 g/mol. The molecule has 9 heteroatoms. The Morgan fingerprint density at radius 1 is 0.848 bits per heavy atom. The molecule has 0 spiro atoms. The summed E-state index contributed by atoms with van der Waals surface area (Å²) in [6.45, 7) is 4.26. The summed E-state index contributed by atoms with van der Waals surface area (Å²) in [7, 11) is -4.44. The lowest BCUT2D eigenvalue weighted by molar-refractivity contribution is -0.153.